The van der Waals surface area contributed by atoms with Crippen molar-refractivity contribution in [3.63, 3.8) is 0 Å². The quantitative estimate of drug-likeness (QED) is 0.542. The Labute approximate surface area is 80.5 Å². The highest BCUT2D eigenvalue weighted by Crippen LogP contribution is 2.21. The Kier molecular flexibility index (Phi) is 4.57. The first-order valence-corrected chi connectivity index (χ1v) is 5.55. The number of aryl methyl sites for hydroxylation is 1. The lowest BCUT2D eigenvalue weighted by molar-refractivity contribution is 0.200. The van der Waals surface area contributed by atoms with Gasteiger partial charge in [-0.3, -0.25) is 0 Å². The summed E-state index contributed by atoms with van der Waals surface area (Å²) in [7, 11) is 1.72. The van der Waals surface area contributed by atoms with Crippen LogP contribution in [0.25, 0.3) is 0 Å². The van der Waals surface area contributed by atoms with Gasteiger partial charge in [0, 0.05) is 19.5 Å². The molecule has 0 amide bonds. The molecule has 0 bridgehead atoms. The molecule has 0 atom stereocenters. The Balaban J connectivity index is 2.15. The van der Waals surface area contributed by atoms with Gasteiger partial charge in [-0.15, -0.1) is 10.2 Å². The number of ether oxygens (including phenoxy) is 1. The van der Waals surface area contributed by atoms with Gasteiger partial charge in [0.25, 0.3) is 0 Å². The first-order valence-electron chi connectivity index (χ1n) is 3.75. The van der Waals surface area contributed by atoms with Gasteiger partial charge in [0.1, 0.15) is 5.01 Å². The third-order valence-corrected chi connectivity index (χ3v) is 3.28. The maximum atomic E-state index is 4.94. The fourth-order valence-corrected chi connectivity index (χ4v) is 2.50. The van der Waals surface area contributed by atoms with E-state index in [1.165, 1.54) is 0 Å². The molecule has 3 nitrogen and oxygen atoms in total. The van der Waals surface area contributed by atoms with Gasteiger partial charge < -0.3 is 4.74 Å². The molecule has 12 heavy (non-hydrogen) atoms. The SMILES string of the molecule is COCCCSc1nnc(C)s1. The lowest BCUT2D eigenvalue weighted by Gasteiger charge is -1.95. The zero-order valence-electron chi connectivity index (χ0n) is 7.24. The van der Waals surface area contributed by atoms with Crippen LogP contribution in [-0.2, 0) is 4.74 Å². The molecule has 0 N–H and O–H groups in total. The van der Waals surface area contributed by atoms with E-state index in [2.05, 4.69) is 10.2 Å². The average molecular weight is 204 g/mol. The lowest BCUT2D eigenvalue weighted by atomic mass is 10.5. The molecule has 1 aromatic heterocycles. The molecular formula is C7H12N2OS2. The zero-order valence-corrected chi connectivity index (χ0v) is 8.87. The van der Waals surface area contributed by atoms with Crippen molar-refractivity contribution < 1.29 is 4.74 Å². The summed E-state index contributed by atoms with van der Waals surface area (Å²) in [5, 5.41) is 8.97. The summed E-state index contributed by atoms with van der Waals surface area (Å²) >= 11 is 3.39. The van der Waals surface area contributed by atoms with Gasteiger partial charge in [0.15, 0.2) is 4.34 Å². The van der Waals surface area contributed by atoms with Gasteiger partial charge in [0.2, 0.25) is 0 Å². The highest BCUT2D eigenvalue weighted by Gasteiger charge is 1.99. The van der Waals surface area contributed by atoms with Gasteiger partial charge in [0.05, 0.1) is 0 Å². The molecule has 0 unspecified atom stereocenters. The standard InChI is InChI=1S/C7H12N2OS2/c1-6-8-9-7(12-6)11-5-3-4-10-2/h3-5H2,1-2H3. The normalized spacial score (nSPS) is 10.5. The molecular weight excluding hydrogens is 192 g/mol. The van der Waals surface area contributed by atoms with E-state index >= 15 is 0 Å². The molecule has 1 aromatic rings. The highest BCUT2D eigenvalue weighted by molar-refractivity contribution is 8.01. The molecule has 0 aliphatic heterocycles. The number of aromatic nitrogens is 2. The van der Waals surface area contributed by atoms with Crippen LogP contribution in [0.3, 0.4) is 0 Å². The average Bonchev–Trinajstić information content (AvgIpc) is 2.45. The fraction of sp³-hybridized carbons (Fsp3) is 0.714. The zero-order chi connectivity index (χ0) is 8.81. The monoisotopic (exact) mass is 204 g/mol. The predicted molar refractivity (Wildman–Crippen MR) is 51.9 cm³/mol. The molecule has 1 heterocycles. The number of thioether (sulfide) groups is 1. The minimum Gasteiger partial charge on any atom is -0.385 e. The van der Waals surface area contributed by atoms with Crippen molar-refractivity contribution in [1.29, 1.82) is 0 Å². The fourth-order valence-electron chi connectivity index (χ4n) is 0.699. The van der Waals surface area contributed by atoms with Crippen LogP contribution in [0.4, 0.5) is 0 Å². The Hall–Kier alpha value is -0.130. The van der Waals surface area contributed by atoms with Crippen LogP contribution in [-0.4, -0.2) is 29.7 Å². The molecule has 0 aliphatic rings. The number of hydrogen-bond acceptors (Lipinski definition) is 5. The van der Waals surface area contributed by atoms with E-state index in [1.54, 1.807) is 30.2 Å². The second-order valence-corrected chi connectivity index (χ2v) is 4.81. The van der Waals surface area contributed by atoms with E-state index in [0.29, 0.717) is 0 Å². The third kappa shape index (κ3) is 3.51. The molecule has 0 aliphatic carbocycles. The molecule has 0 saturated carbocycles. The van der Waals surface area contributed by atoms with Crippen molar-refractivity contribution in [3.05, 3.63) is 5.01 Å². The number of nitrogens with zero attached hydrogens (tertiary/aromatic N) is 2. The summed E-state index contributed by atoms with van der Waals surface area (Å²) < 4.78 is 6.00. The van der Waals surface area contributed by atoms with E-state index in [9.17, 15) is 0 Å². The summed E-state index contributed by atoms with van der Waals surface area (Å²) in [5.74, 6) is 1.06. The third-order valence-electron chi connectivity index (χ3n) is 1.23. The van der Waals surface area contributed by atoms with Crippen LogP contribution in [0.2, 0.25) is 0 Å². The minimum atomic E-state index is 0.824. The minimum absolute atomic E-state index is 0.824. The van der Waals surface area contributed by atoms with E-state index in [0.717, 1.165) is 28.1 Å². The number of rotatable bonds is 5. The Morgan fingerprint density at radius 1 is 1.50 bits per heavy atom. The van der Waals surface area contributed by atoms with Crippen molar-refractivity contribution in [2.24, 2.45) is 0 Å². The topological polar surface area (TPSA) is 35.0 Å². The second kappa shape index (κ2) is 5.50. The lowest BCUT2D eigenvalue weighted by Crippen LogP contribution is -1.89. The maximum absolute atomic E-state index is 4.94. The first kappa shape index (κ1) is 9.95. The molecule has 1 rings (SSSR count). The van der Waals surface area contributed by atoms with Crippen molar-refractivity contribution in [2.75, 3.05) is 19.5 Å². The predicted octanol–water partition coefficient (Wildman–Crippen LogP) is 1.98. The van der Waals surface area contributed by atoms with Gasteiger partial charge in [-0.2, -0.15) is 0 Å². The Morgan fingerprint density at radius 2 is 2.33 bits per heavy atom. The Morgan fingerprint density at radius 3 is 2.92 bits per heavy atom. The van der Waals surface area contributed by atoms with Crippen LogP contribution in [0, 0.1) is 6.92 Å². The van der Waals surface area contributed by atoms with E-state index in [1.807, 2.05) is 6.92 Å². The smallest absolute Gasteiger partial charge is 0.174 e. The van der Waals surface area contributed by atoms with Crippen LogP contribution >= 0.6 is 23.1 Å². The Bertz CT molecular complexity index is 227. The van der Waals surface area contributed by atoms with Crippen molar-refractivity contribution in [1.82, 2.24) is 10.2 Å². The molecule has 0 fully saturated rings. The van der Waals surface area contributed by atoms with Gasteiger partial charge in [-0.05, 0) is 13.3 Å². The largest absolute Gasteiger partial charge is 0.385 e. The van der Waals surface area contributed by atoms with E-state index in [-0.39, 0.29) is 0 Å². The van der Waals surface area contributed by atoms with Gasteiger partial charge >= 0.3 is 0 Å². The second-order valence-electron chi connectivity index (χ2n) is 2.28. The van der Waals surface area contributed by atoms with Crippen LogP contribution in [0.1, 0.15) is 11.4 Å². The highest BCUT2D eigenvalue weighted by atomic mass is 32.2. The molecule has 68 valence electrons. The molecule has 0 spiro atoms. The molecule has 0 saturated heterocycles. The van der Waals surface area contributed by atoms with Crippen molar-refractivity contribution in [3.8, 4) is 0 Å². The summed E-state index contributed by atoms with van der Waals surface area (Å²) in [5.41, 5.74) is 0. The summed E-state index contributed by atoms with van der Waals surface area (Å²) in [4.78, 5) is 0. The summed E-state index contributed by atoms with van der Waals surface area (Å²) in [6, 6.07) is 0. The van der Waals surface area contributed by atoms with Crippen LogP contribution in [0.15, 0.2) is 4.34 Å². The maximum Gasteiger partial charge on any atom is 0.174 e. The van der Waals surface area contributed by atoms with E-state index < -0.39 is 0 Å². The molecule has 0 aromatic carbocycles. The van der Waals surface area contributed by atoms with Gasteiger partial charge in [-0.25, -0.2) is 0 Å². The van der Waals surface area contributed by atoms with Crippen molar-refractivity contribution >= 4 is 23.1 Å². The molecule has 0 radical (unpaired) electrons. The van der Waals surface area contributed by atoms with Crippen LogP contribution in [0.5, 0.6) is 0 Å². The van der Waals surface area contributed by atoms with Crippen LogP contribution < -0.4 is 0 Å². The van der Waals surface area contributed by atoms with E-state index in [4.69, 9.17) is 4.74 Å². The molecule has 5 heteroatoms. The van der Waals surface area contributed by atoms with Crippen molar-refractivity contribution in [2.45, 2.75) is 17.7 Å². The summed E-state index contributed by atoms with van der Waals surface area (Å²) in [6.45, 7) is 2.79. The summed E-state index contributed by atoms with van der Waals surface area (Å²) in [6.07, 6.45) is 1.07. The van der Waals surface area contributed by atoms with Gasteiger partial charge in [-0.1, -0.05) is 23.1 Å². The first-order chi connectivity index (χ1) is 5.83. The number of hydrogen-bond donors (Lipinski definition) is 0. The number of methoxy groups -OCH3 is 1.